The Morgan fingerprint density at radius 1 is 1.18 bits per heavy atom. The molecule has 0 atom stereocenters. The summed E-state index contributed by atoms with van der Waals surface area (Å²) in [5.41, 5.74) is 8.49. The van der Waals surface area contributed by atoms with E-state index in [1.165, 1.54) is 24.8 Å². The zero-order valence-corrected chi connectivity index (χ0v) is 17.0. The zero-order chi connectivity index (χ0) is 20.7. The van der Waals surface area contributed by atoms with Crippen molar-refractivity contribution in [2.45, 2.75) is 26.2 Å². The van der Waals surface area contributed by atoms with E-state index < -0.39 is 12.6 Å². The lowest BCUT2D eigenvalue weighted by molar-refractivity contribution is -0.124. The van der Waals surface area contributed by atoms with Crippen LogP contribution in [0.5, 0.6) is 5.75 Å². The number of amides is 1. The van der Waals surface area contributed by atoms with E-state index in [1.807, 2.05) is 0 Å². The molecule has 0 saturated carbocycles. The molecule has 0 bridgehead atoms. The predicted molar refractivity (Wildman–Crippen MR) is 110 cm³/mol. The molecule has 0 fully saturated rings. The molecule has 28 heavy (non-hydrogen) atoms. The third-order valence-corrected chi connectivity index (χ3v) is 4.58. The highest BCUT2D eigenvalue weighted by molar-refractivity contribution is 6.33. The van der Waals surface area contributed by atoms with Crippen LogP contribution in [0.4, 0.5) is 5.69 Å². The Kier molecular flexibility index (Phi) is 7.70. The van der Waals surface area contributed by atoms with Crippen LogP contribution in [-0.4, -0.2) is 32.1 Å². The highest BCUT2D eigenvalue weighted by Crippen LogP contribution is 2.29. The van der Waals surface area contributed by atoms with E-state index in [2.05, 4.69) is 43.4 Å². The number of ether oxygens (including phenoxy) is 2. The van der Waals surface area contributed by atoms with Crippen molar-refractivity contribution in [1.82, 2.24) is 5.32 Å². The second-order valence-electron chi connectivity index (χ2n) is 6.65. The topological polar surface area (TPSA) is 90.7 Å². The third-order valence-electron chi connectivity index (χ3n) is 4.26. The van der Waals surface area contributed by atoms with Gasteiger partial charge in [0.05, 0.1) is 17.8 Å². The molecule has 0 radical (unpaired) electrons. The molecule has 2 aromatic carbocycles. The van der Waals surface area contributed by atoms with Gasteiger partial charge >= 0.3 is 5.97 Å². The molecule has 0 aliphatic carbocycles. The monoisotopic (exact) mass is 404 g/mol. The molecular weight excluding hydrogens is 380 g/mol. The number of halogens is 1. The fourth-order valence-corrected chi connectivity index (χ4v) is 2.74. The van der Waals surface area contributed by atoms with E-state index in [1.54, 1.807) is 0 Å². The van der Waals surface area contributed by atoms with Gasteiger partial charge in [-0.1, -0.05) is 49.7 Å². The number of methoxy groups -OCH3 is 1. The van der Waals surface area contributed by atoms with Crippen LogP contribution >= 0.6 is 11.6 Å². The van der Waals surface area contributed by atoms with Gasteiger partial charge in [-0.25, -0.2) is 4.79 Å². The lowest BCUT2D eigenvalue weighted by atomic mass is 10.0. The van der Waals surface area contributed by atoms with Crippen molar-refractivity contribution < 1.29 is 19.1 Å². The number of benzene rings is 2. The number of nitrogen functional groups attached to an aromatic ring is 1. The molecule has 7 heteroatoms. The van der Waals surface area contributed by atoms with Crippen LogP contribution in [0.1, 0.15) is 41.3 Å². The van der Waals surface area contributed by atoms with Crippen molar-refractivity contribution in [1.29, 1.82) is 0 Å². The summed E-state index contributed by atoms with van der Waals surface area (Å²) in [6, 6.07) is 11.1. The molecule has 1 amide bonds. The Morgan fingerprint density at radius 2 is 1.86 bits per heavy atom. The van der Waals surface area contributed by atoms with E-state index in [0.717, 1.165) is 5.56 Å². The highest BCUT2D eigenvalue weighted by atomic mass is 35.5. The van der Waals surface area contributed by atoms with E-state index in [9.17, 15) is 9.59 Å². The summed E-state index contributed by atoms with van der Waals surface area (Å²) in [5.74, 6) is -0.374. The van der Waals surface area contributed by atoms with Gasteiger partial charge in [0.2, 0.25) is 0 Å². The Morgan fingerprint density at radius 3 is 2.46 bits per heavy atom. The second-order valence-corrected chi connectivity index (χ2v) is 7.05. The normalized spacial score (nSPS) is 10.6. The van der Waals surface area contributed by atoms with Crippen molar-refractivity contribution in [2.24, 2.45) is 0 Å². The first-order chi connectivity index (χ1) is 13.3. The lowest BCUT2D eigenvalue weighted by Gasteiger charge is -2.11. The molecule has 150 valence electrons. The van der Waals surface area contributed by atoms with Gasteiger partial charge in [0, 0.05) is 12.6 Å². The van der Waals surface area contributed by atoms with Crippen LogP contribution in [-0.2, 0) is 16.0 Å². The van der Waals surface area contributed by atoms with Crippen molar-refractivity contribution in [2.75, 3.05) is 26.0 Å². The molecule has 0 spiro atoms. The Hall–Kier alpha value is -2.73. The summed E-state index contributed by atoms with van der Waals surface area (Å²) in [6.07, 6.45) is 0.694. The molecule has 0 heterocycles. The Labute approximate surface area is 170 Å². The minimum Gasteiger partial charge on any atom is -0.496 e. The molecule has 2 aromatic rings. The largest absolute Gasteiger partial charge is 0.496 e. The average molecular weight is 405 g/mol. The minimum atomic E-state index is -0.710. The summed E-state index contributed by atoms with van der Waals surface area (Å²) < 4.78 is 10.1. The van der Waals surface area contributed by atoms with Crippen molar-refractivity contribution in [3.8, 4) is 5.75 Å². The molecule has 3 N–H and O–H groups in total. The van der Waals surface area contributed by atoms with E-state index >= 15 is 0 Å². The third kappa shape index (κ3) is 5.89. The van der Waals surface area contributed by atoms with E-state index in [-0.39, 0.29) is 27.9 Å². The first-order valence-electron chi connectivity index (χ1n) is 8.97. The lowest BCUT2D eigenvalue weighted by Crippen LogP contribution is -2.30. The Balaban J connectivity index is 1.81. The number of rotatable bonds is 8. The number of nitrogens with two attached hydrogens (primary N) is 1. The number of carbonyl (C=O) groups is 2. The van der Waals surface area contributed by atoms with Crippen LogP contribution < -0.4 is 15.8 Å². The summed E-state index contributed by atoms with van der Waals surface area (Å²) in [6.45, 7) is 4.35. The fourth-order valence-electron chi connectivity index (χ4n) is 2.57. The van der Waals surface area contributed by atoms with Gasteiger partial charge < -0.3 is 20.5 Å². The molecule has 0 unspecified atom stereocenters. The fraction of sp³-hybridized carbons (Fsp3) is 0.333. The molecule has 2 rings (SSSR count). The van der Waals surface area contributed by atoms with Gasteiger partial charge in [-0.05, 0) is 29.5 Å². The van der Waals surface area contributed by atoms with Gasteiger partial charge in [-0.3, -0.25) is 4.79 Å². The van der Waals surface area contributed by atoms with Crippen molar-refractivity contribution in [3.05, 3.63) is 58.1 Å². The number of hydrogen-bond acceptors (Lipinski definition) is 5. The van der Waals surface area contributed by atoms with Gasteiger partial charge in [-0.2, -0.15) is 0 Å². The maximum absolute atomic E-state index is 12.2. The quantitative estimate of drug-likeness (QED) is 0.518. The van der Waals surface area contributed by atoms with Crippen molar-refractivity contribution >= 4 is 29.2 Å². The standard InChI is InChI=1S/C21H25ClN2O4/c1-13(2)15-6-4-14(5-7-15)8-9-24-20(25)12-28-21(26)16-10-17(22)18(23)11-19(16)27-3/h4-7,10-11,13H,8-9,12,23H2,1-3H3,(H,24,25). The van der Waals surface area contributed by atoms with Crippen LogP contribution in [0.3, 0.4) is 0 Å². The predicted octanol–water partition coefficient (Wildman–Crippen LogP) is 3.57. The van der Waals surface area contributed by atoms with Crippen molar-refractivity contribution in [3.63, 3.8) is 0 Å². The molecule has 0 saturated heterocycles. The van der Waals surface area contributed by atoms with Gasteiger partial charge in [0.15, 0.2) is 6.61 Å². The summed E-state index contributed by atoms with van der Waals surface area (Å²) >= 11 is 5.94. The molecule has 6 nitrogen and oxygen atoms in total. The SMILES string of the molecule is COc1cc(N)c(Cl)cc1C(=O)OCC(=O)NCCc1ccc(C(C)C)cc1. The van der Waals surface area contributed by atoms with E-state index in [4.69, 9.17) is 26.8 Å². The molecule has 0 aromatic heterocycles. The number of esters is 1. The second kappa shape index (κ2) is 9.99. The highest BCUT2D eigenvalue weighted by Gasteiger charge is 2.17. The molecular formula is C21H25ClN2O4. The number of carbonyl (C=O) groups excluding carboxylic acids is 2. The van der Waals surface area contributed by atoms with Gasteiger partial charge in [-0.15, -0.1) is 0 Å². The van der Waals surface area contributed by atoms with Gasteiger partial charge in [0.1, 0.15) is 11.3 Å². The number of hydrogen-bond donors (Lipinski definition) is 2. The summed E-state index contributed by atoms with van der Waals surface area (Å²) in [5, 5.41) is 2.94. The molecule has 0 aliphatic rings. The van der Waals surface area contributed by atoms with E-state index in [0.29, 0.717) is 18.9 Å². The van der Waals surface area contributed by atoms with Gasteiger partial charge in [0.25, 0.3) is 5.91 Å². The van der Waals surface area contributed by atoms with Crippen LogP contribution in [0.15, 0.2) is 36.4 Å². The maximum atomic E-state index is 12.2. The minimum absolute atomic E-state index is 0.111. The first kappa shape index (κ1) is 21.6. The summed E-state index contributed by atoms with van der Waals surface area (Å²) in [7, 11) is 1.40. The number of nitrogens with one attached hydrogen (secondary N) is 1. The summed E-state index contributed by atoms with van der Waals surface area (Å²) in [4.78, 5) is 24.1. The molecule has 0 aliphatic heterocycles. The van der Waals surface area contributed by atoms with Crippen LogP contribution in [0, 0.1) is 0 Å². The first-order valence-corrected chi connectivity index (χ1v) is 9.35. The zero-order valence-electron chi connectivity index (χ0n) is 16.3. The smallest absolute Gasteiger partial charge is 0.342 e. The maximum Gasteiger partial charge on any atom is 0.342 e. The average Bonchev–Trinajstić information content (AvgIpc) is 2.68. The number of anilines is 1. The van der Waals surface area contributed by atoms with Crippen LogP contribution in [0.25, 0.3) is 0 Å². The Bertz CT molecular complexity index is 835. The van der Waals surface area contributed by atoms with Crippen LogP contribution in [0.2, 0.25) is 5.02 Å².